The predicted molar refractivity (Wildman–Crippen MR) is 89.6 cm³/mol. The van der Waals surface area contributed by atoms with Gasteiger partial charge in [-0.3, -0.25) is 0 Å². The average Bonchev–Trinajstić information content (AvgIpc) is 2.41. The maximum absolute atomic E-state index is 6.32. The van der Waals surface area contributed by atoms with Gasteiger partial charge < -0.3 is 15.0 Å². The van der Waals surface area contributed by atoms with Crippen LogP contribution in [0.25, 0.3) is 0 Å². The summed E-state index contributed by atoms with van der Waals surface area (Å²) in [7, 11) is 4.10. The van der Waals surface area contributed by atoms with Crippen molar-refractivity contribution in [1.29, 1.82) is 0 Å². The van der Waals surface area contributed by atoms with Crippen LogP contribution in [-0.4, -0.2) is 45.3 Å². The molecule has 3 nitrogen and oxygen atoms in total. The Bertz CT molecular complexity index is 403. The van der Waals surface area contributed by atoms with Crippen molar-refractivity contribution in [1.82, 2.24) is 10.2 Å². The number of ether oxygens (including phenoxy) is 1. The zero-order valence-corrected chi connectivity index (χ0v) is 14.8. The largest absolute Gasteiger partial charge is 0.380 e. The first kappa shape index (κ1) is 17.9. The normalized spacial score (nSPS) is 12.9. The summed E-state index contributed by atoms with van der Waals surface area (Å²) in [5, 5.41) is 4.15. The van der Waals surface area contributed by atoms with Gasteiger partial charge in [-0.15, -0.1) is 0 Å². The fourth-order valence-electron chi connectivity index (χ4n) is 2.07. The molecule has 5 heteroatoms. The van der Waals surface area contributed by atoms with Crippen molar-refractivity contribution in [3.8, 4) is 0 Å². The maximum atomic E-state index is 6.32. The standard InChI is InChI=1S/C15H24BrClN2O/c1-4-20-10-9-19(3)8-7-15(18-2)13-6-5-12(16)11-14(13)17/h5-6,11,15,18H,4,7-10H2,1-3H3. The van der Waals surface area contributed by atoms with Crippen molar-refractivity contribution in [2.24, 2.45) is 0 Å². The van der Waals surface area contributed by atoms with Crippen molar-refractivity contribution in [2.75, 3.05) is 40.4 Å². The van der Waals surface area contributed by atoms with Gasteiger partial charge in [-0.05, 0) is 51.7 Å². The summed E-state index contributed by atoms with van der Waals surface area (Å²) in [5.74, 6) is 0. The van der Waals surface area contributed by atoms with Crippen LogP contribution in [0.5, 0.6) is 0 Å². The third-order valence-corrected chi connectivity index (χ3v) is 4.13. The second kappa shape index (κ2) is 9.74. The quantitative estimate of drug-likeness (QED) is 0.677. The van der Waals surface area contributed by atoms with Crippen LogP contribution < -0.4 is 5.32 Å². The van der Waals surface area contributed by atoms with E-state index in [0.29, 0.717) is 0 Å². The molecule has 0 aromatic heterocycles. The Balaban J connectivity index is 2.50. The van der Waals surface area contributed by atoms with Gasteiger partial charge in [0.15, 0.2) is 0 Å². The Kier molecular flexibility index (Phi) is 8.73. The highest BCUT2D eigenvalue weighted by Crippen LogP contribution is 2.28. The number of rotatable bonds is 9. The first-order valence-corrected chi connectivity index (χ1v) is 8.14. The highest BCUT2D eigenvalue weighted by molar-refractivity contribution is 9.10. The molecular weight excluding hydrogens is 340 g/mol. The molecule has 0 spiro atoms. The lowest BCUT2D eigenvalue weighted by molar-refractivity contribution is 0.121. The Morgan fingerprint density at radius 2 is 2.15 bits per heavy atom. The fraction of sp³-hybridized carbons (Fsp3) is 0.600. The summed E-state index contributed by atoms with van der Waals surface area (Å²) in [4.78, 5) is 2.28. The molecule has 1 aromatic rings. The molecule has 114 valence electrons. The highest BCUT2D eigenvalue weighted by Gasteiger charge is 2.13. The molecule has 20 heavy (non-hydrogen) atoms. The Hall–Kier alpha value is -0.130. The smallest absolute Gasteiger partial charge is 0.0593 e. The summed E-state index contributed by atoms with van der Waals surface area (Å²) in [5.41, 5.74) is 1.15. The summed E-state index contributed by atoms with van der Waals surface area (Å²) in [6.07, 6.45) is 1.01. The summed E-state index contributed by atoms with van der Waals surface area (Å²) >= 11 is 9.75. The third-order valence-electron chi connectivity index (χ3n) is 3.31. The van der Waals surface area contributed by atoms with Crippen molar-refractivity contribution in [3.05, 3.63) is 33.3 Å². The molecule has 1 atom stereocenters. The molecule has 0 aliphatic carbocycles. The topological polar surface area (TPSA) is 24.5 Å². The molecule has 0 bridgehead atoms. The highest BCUT2D eigenvalue weighted by atomic mass is 79.9. The van der Waals surface area contributed by atoms with Crippen LogP contribution in [0.2, 0.25) is 5.02 Å². The lowest BCUT2D eigenvalue weighted by atomic mass is 10.0. The average molecular weight is 364 g/mol. The molecule has 1 rings (SSSR count). The van der Waals surface area contributed by atoms with Gasteiger partial charge in [0.25, 0.3) is 0 Å². The van der Waals surface area contributed by atoms with Crippen LogP contribution >= 0.6 is 27.5 Å². The number of hydrogen-bond donors (Lipinski definition) is 1. The second-order valence-electron chi connectivity index (χ2n) is 4.80. The van der Waals surface area contributed by atoms with Gasteiger partial charge in [0, 0.05) is 28.7 Å². The molecule has 1 unspecified atom stereocenters. The number of nitrogens with zero attached hydrogens (tertiary/aromatic N) is 1. The number of halogens is 2. The Morgan fingerprint density at radius 3 is 2.75 bits per heavy atom. The van der Waals surface area contributed by atoms with Gasteiger partial charge in [0.1, 0.15) is 0 Å². The number of benzene rings is 1. The number of nitrogens with one attached hydrogen (secondary N) is 1. The summed E-state index contributed by atoms with van der Waals surface area (Å²) in [6.45, 7) is 5.55. The van der Waals surface area contributed by atoms with Gasteiger partial charge in [-0.25, -0.2) is 0 Å². The van der Waals surface area contributed by atoms with Crippen LogP contribution in [0.4, 0.5) is 0 Å². The van der Waals surface area contributed by atoms with E-state index in [-0.39, 0.29) is 6.04 Å². The SMILES string of the molecule is CCOCCN(C)CCC(NC)c1ccc(Br)cc1Cl. The minimum atomic E-state index is 0.269. The van der Waals surface area contributed by atoms with Crippen molar-refractivity contribution >= 4 is 27.5 Å². The van der Waals surface area contributed by atoms with Gasteiger partial charge in [0.2, 0.25) is 0 Å². The molecule has 1 N–H and O–H groups in total. The van der Waals surface area contributed by atoms with Crippen molar-refractivity contribution in [3.63, 3.8) is 0 Å². The van der Waals surface area contributed by atoms with E-state index in [4.69, 9.17) is 16.3 Å². The Labute approximate surface area is 135 Å². The van der Waals surface area contributed by atoms with Gasteiger partial charge in [-0.1, -0.05) is 33.6 Å². The van der Waals surface area contributed by atoms with Gasteiger partial charge in [-0.2, -0.15) is 0 Å². The molecular formula is C15H24BrClN2O. The van der Waals surface area contributed by atoms with E-state index in [9.17, 15) is 0 Å². The minimum Gasteiger partial charge on any atom is -0.380 e. The fourth-order valence-corrected chi connectivity index (χ4v) is 2.87. The van der Waals surface area contributed by atoms with E-state index in [0.717, 1.165) is 47.8 Å². The molecule has 0 aliphatic heterocycles. The number of likely N-dealkylation sites (N-methyl/N-ethyl adjacent to an activating group) is 1. The zero-order valence-electron chi connectivity index (χ0n) is 12.5. The van der Waals surface area contributed by atoms with Crippen molar-refractivity contribution < 1.29 is 4.74 Å². The van der Waals surface area contributed by atoms with Crippen LogP contribution in [0, 0.1) is 0 Å². The van der Waals surface area contributed by atoms with Crippen LogP contribution in [0.3, 0.4) is 0 Å². The molecule has 1 aromatic carbocycles. The molecule has 0 radical (unpaired) electrons. The van der Waals surface area contributed by atoms with E-state index in [1.54, 1.807) is 0 Å². The predicted octanol–water partition coefficient (Wildman–Crippen LogP) is 3.72. The Morgan fingerprint density at radius 1 is 1.40 bits per heavy atom. The van der Waals surface area contributed by atoms with E-state index in [1.807, 2.05) is 26.1 Å². The van der Waals surface area contributed by atoms with Gasteiger partial charge in [0.05, 0.1) is 6.61 Å². The molecule has 0 amide bonds. The molecule has 0 fully saturated rings. The van der Waals surface area contributed by atoms with E-state index < -0.39 is 0 Å². The molecule has 0 aliphatic rings. The minimum absolute atomic E-state index is 0.269. The van der Waals surface area contributed by atoms with E-state index in [1.165, 1.54) is 0 Å². The van der Waals surface area contributed by atoms with Crippen molar-refractivity contribution in [2.45, 2.75) is 19.4 Å². The molecule has 0 saturated heterocycles. The van der Waals surface area contributed by atoms with E-state index >= 15 is 0 Å². The van der Waals surface area contributed by atoms with Crippen LogP contribution in [0.15, 0.2) is 22.7 Å². The van der Waals surface area contributed by atoms with E-state index in [2.05, 4.69) is 39.3 Å². The van der Waals surface area contributed by atoms with Gasteiger partial charge >= 0.3 is 0 Å². The van der Waals surface area contributed by atoms with Crippen LogP contribution in [-0.2, 0) is 4.74 Å². The molecule has 0 saturated carbocycles. The zero-order chi connectivity index (χ0) is 15.0. The second-order valence-corrected chi connectivity index (χ2v) is 6.12. The number of hydrogen-bond acceptors (Lipinski definition) is 3. The third kappa shape index (κ3) is 6.10. The summed E-state index contributed by atoms with van der Waals surface area (Å²) in [6, 6.07) is 6.32. The maximum Gasteiger partial charge on any atom is 0.0593 e. The lowest BCUT2D eigenvalue weighted by Gasteiger charge is -2.22. The monoisotopic (exact) mass is 362 g/mol. The van der Waals surface area contributed by atoms with Crippen LogP contribution in [0.1, 0.15) is 24.9 Å². The molecule has 0 heterocycles. The lowest BCUT2D eigenvalue weighted by Crippen LogP contribution is -2.28. The first-order chi connectivity index (χ1) is 9.58. The first-order valence-electron chi connectivity index (χ1n) is 6.97. The summed E-state index contributed by atoms with van der Waals surface area (Å²) < 4.78 is 6.38.